The summed E-state index contributed by atoms with van der Waals surface area (Å²) in [4.78, 5) is 4.20. The molecule has 28 heavy (non-hydrogen) atoms. The second-order valence-corrected chi connectivity index (χ2v) is 5.89. The van der Waals surface area contributed by atoms with Gasteiger partial charge in [0.2, 0.25) is 6.43 Å². The maximum atomic E-state index is 13.9. The predicted molar refractivity (Wildman–Crippen MR) is 108 cm³/mol. The molecule has 0 saturated carbocycles. The van der Waals surface area contributed by atoms with E-state index in [9.17, 15) is 13.2 Å². The Labute approximate surface area is 163 Å². The molecule has 1 aromatic carbocycles. The fraction of sp³-hybridized carbons (Fsp3) is 0.174. The molecular formula is C23H22F3NO. The van der Waals surface area contributed by atoms with Crippen molar-refractivity contribution in [3.8, 4) is 5.75 Å². The summed E-state index contributed by atoms with van der Waals surface area (Å²) in [7, 11) is 0. The van der Waals surface area contributed by atoms with Crippen molar-refractivity contribution in [2.45, 2.75) is 19.3 Å². The molecule has 146 valence electrons. The molecule has 0 N–H and O–H groups in total. The molecular weight excluding hydrogens is 363 g/mol. The van der Waals surface area contributed by atoms with Crippen molar-refractivity contribution < 1.29 is 17.9 Å². The zero-order valence-electron chi connectivity index (χ0n) is 15.5. The Morgan fingerprint density at radius 1 is 1.11 bits per heavy atom. The third kappa shape index (κ3) is 6.58. The van der Waals surface area contributed by atoms with Crippen LogP contribution in [0, 0.1) is 5.82 Å². The molecule has 1 heterocycles. The van der Waals surface area contributed by atoms with Gasteiger partial charge in [-0.25, -0.2) is 13.2 Å². The normalized spacial score (nSPS) is 11.8. The Balaban J connectivity index is 2.07. The maximum absolute atomic E-state index is 13.9. The Kier molecular flexibility index (Phi) is 8.28. The van der Waals surface area contributed by atoms with Gasteiger partial charge in [-0.15, -0.1) is 0 Å². The molecule has 2 rings (SSSR count). The minimum absolute atomic E-state index is 0.0331. The minimum atomic E-state index is -2.38. The highest BCUT2D eigenvalue weighted by Crippen LogP contribution is 2.21. The van der Waals surface area contributed by atoms with E-state index in [0.29, 0.717) is 23.6 Å². The van der Waals surface area contributed by atoms with Gasteiger partial charge in [-0.05, 0) is 41.5 Å². The largest absolute Gasteiger partial charge is 0.493 e. The van der Waals surface area contributed by atoms with Gasteiger partial charge in [-0.2, -0.15) is 0 Å². The molecule has 1 aromatic heterocycles. The number of allylic oxidation sites excluding steroid dienone is 5. The van der Waals surface area contributed by atoms with Crippen molar-refractivity contribution in [1.82, 2.24) is 4.98 Å². The average molecular weight is 385 g/mol. The van der Waals surface area contributed by atoms with Crippen LogP contribution in [0.15, 0.2) is 73.9 Å². The van der Waals surface area contributed by atoms with Crippen LogP contribution in [-0.4, -0.2) is 18.0 Å². The number of hydrogen-bond acceptors (Lipinski definition) is 2. The first-order valence-corrected chi connectivity index (χ1v) is 8.82. The van der Waals surface area contributed by atoms with Crippen molar-refractivity contribution in [3.63, 3.8) is 0 Å². The Morgan fingerprint density at radius 3 is 2.50 bits per heavy atom. The second-order valence-electron chi connectivity index (χ2n) is 5.89. The number of nitrogens with zero attached hydrogens (tertiary/aromatic N) is 1. The molecule has 0 atom stereocenters. The highest BCUT2D eigenvalue weighted by atomic mass is 19.3. The third-order valence-electron chi connectivity index (χ3n) is 3.85. The monoisotopic (exact) mass is 385 g/mol. The van der Waals surface area contributed by atoms with E-state index in [1.165, 1.54) is 6.07 Å². The average Bonchev–Trinajstić information content (AvgIpc) is 2.69. The fourth-order valence-electron chi connectivity index (χ4n) is 2.44. The standard InChI is InChI=1S/C23H22F3NO/c1-3-6-17(7-5-8-22-21(24)14-11-19(4-2)27-22)18-9-12-20(13-10-18)28-16-15-23(25)26/h3-7,9-14,23H,1-2,8,15-16H2/b7-5-,17-6+. The molecule has 0 fully saturated rings. The summed E-state index contributed by atoms with van der Waals surface area (Å²) >= 11 is 0. The summed E-state index contributed by atoms with van der Waals surface area (Å²) in [6.07, 6.45) is 6.38. The summed E-state index contributed by atoms with van der Waals surface area (Å²) in [6, 6.07) is 10.0. The van der Waals surface area contributed by atoms with E-state index < -0.39 is 6.43 Å². The lowest BCUT2D eigenvalue weighted by Gasteiger charge is -2.08. The number of hydrogen-bond donors (Lipinski definition) is 0. The van der Waals surface area contributed by atoms with Crippen LogP contribution < -0.4 is 4.74 Å². The van der Waals surface area contributed by atoms with Crippen LogP contribution in [-0.2, 0) is 6.42 Å². The van der Waals surface area contributed by atoms with Crippen molar-refractivity contribution >= 4 is 11.6 Å². The highest BCUT2D eigenvalue weighted by Gasteiger charge is 2.05. The summed E-state index contributed by atoms with van der Waals surface area (Å²) < 4.78 is 43.5. The van der Waals surface area contributed by atoms with Crippen LogP contribution in [0.2, 0.25) is 0 Å². The van der Waals surface area contributed by atoms with Gasteiger partial charge in [0.05, 0.1) is 18.0 Å². The van der Waals surface area contributed by atoms with Gasteiger partial charge < -0.3 is 4.74 Å². The lowest BCUT2D eigenvalue weighted by atomic mass is 10.0. The third-order valence-corrected chi connectivity index (χ3v) is 3.85. The van der Waals surface area contributed by atoms with Gasteiger partial charge >= 0.3 is 0 Å². The molecule has 0 amide bonds. The topological polar surface area (TPSA) is 22.1 Å². The van der Waals surface area contributed by atoms with Gasteiger partial charge in [0, 0.05) is 12.8 Å². The molecule has 2 nitrogen and oxygen atoms in total. The molecule has 0 saturated heterocycles. The van der Waals surface area contributed by atoms with Crippen LogP contribution in [0.4, 0.5) is 13.2 Å². The lowest BCUT2D eigenvalue weighted by Crippen LogP contribution is -2.02. The number of halogens is 3. The van der Waals surface area contributed by atoms with E-state index in [2.05, 4.69) is 18.1 Å². The summed E-state index contributed by atoms with van der Waals surface area (Å²) in [5.41, 5.74) is 2.73. The van der Waals surface area contributed by atoms with Crippen LogP contribution in [0.25, 0.3) is 11.6 Å². The number of benzene rings is 1. The SMILES string of the molecule is C=C/C=C(\C=C/Cc1nc(C=C)ccc1F)c1ccc(OCCC(F)F)cc1. The van der Waals surface area contributed by atoms with Gasteiger partial charge in [0.15, 0.2) is 0 Å². The van der Waals surface area contributed by atoms with Gasteiger partial charge in [0.1, 0.15) is 11.6 Å². The molecule has 0 aliphatic rings. The quantitative estimate of drug-likeness (QED) is 0.450. The molecule has 0 radical (unpaired) electrons. The fourth-order valence-corrected chi connectivity index (χ4v) is 2.44. The van der Waals surface area contributed by atoms with Crippen LogP contribution in [0.5, 0.6) is 5.75 Å². The minimum Gasteiger partial charge on any atom is -0.493 e. The van der Waals surface area contributed by atoms with E-state index in [4.69, 9.17) is 4.74 Å². The zero-order chi connectivity index (χ0) is 20.4. The Bertz CT molecular complexity index is 855. The second kappa shape index (κ2) is 10.9. The molecule has 0 bridgehead atoms. The van der Waals surface area contributed by atoms with Gasteiger partial charge in [0.25, 0.3) is 0 Å². The van der Waals surface area contributed by atoms with E-state index in [0.717, 1.165) is 11.1 Å². The molecule has 0 aliphatic heterocycles. The van der Waals surface area contributed by atoms with Crippen LogP contribution in [0.3, 0.4) is 0 Å². The molecule has 0 spiro atoms. The zero-order valence-corrected chi connectivity index (χ0v) is 15.5. The van der Waals surface area contributed by atoms with Crippen molar-refractivity contribution in [3.05, 3.63) is 96.6 Å². The van der Waals surface area contributed by atoms with Crippen molar-refractivity contribution in [2.24, 2.45) is 0 Å². The Hall–Kier alpha value is -3.08. The summed E-state index contributed by atoms with van der Waals surface area (Å²) in [5.74, 6) is 0.161. The van der Waals surface area contributed by atoms with E-state index >= 15 is 0 Å². The van der Waals surface area contributed by atoms with Gasteiger partial charge in [-0.1, -0.05) is 49.6 Å². The molecule has 0 aliphatic carbocycles. The van der Waals surface area contributed by atoms with Crippen molar-refractivity contribution in [1.29, 1.82) is 0 Å². The number of alkyl halides is 2. The number of pyridine rings is 1. The summed E-state index contributed by atoms with van der Waals surface area (Å²) in [5, 5.41) is 0. The molecule has 5 heteroatoms. The summed E-state index contributed by atoms with van der Waals surface area (Å²) in [6.45, 7) is 7.32. The lowest BCUT2D eigenvalue weighted by molar-refractivity contribution is 0.114. The Morgan fingerprint density at radius 2 is 1.86 bits per heavy atom. The van der Waals surface area contributed by atoms with Crippen LogP contribution >= 0.6 is 0 Å². The van der Waals surface area contributed by atoms with Crippen LogP contribution in [0.1, 0.15) is 23.4 Å². The smallest absolute Gasteiger partial charge is 0.241 e. The molecule has 2 aromatic rings. The number of ether oxygens (including phenoxy) is 1. The first kappa shape index (κ1) is 21.2. The first-order chi connectivity index (χ1) is 13.5. The highest BCUT2D eigenvalue weighted by molar-refractivity contribution is 5.75. The first-order valence-electron chi connectivity index (χ1n) is 8.82. The maximum Gasteiger partial charge on any atom is 0.241 e. The van der Waals surface area contributed by atoms with E-state index in [1.54, 1.807) is 30.4 Å². The van der Waals surface area contributed by atoms with Crippen molar-refractivity contribution in [2.75, 3.05) is 6.61 Å². The van der Waals surface area contributed by atoms with Gasteiger partial charge in [-0.3, -0.25) is 4.98 Å². The number of aromatic nitrogens is 1. The molecule has 0 unspecified atom stereocenters. The van der Waals surface area contributed by atoms with E-state index in [1.807, 2.05) is 30.4 Å². The predicted octanol–water partition coefficient (Wildman–Crippen LogP) is 6.27. The van der Waals surface area contributed by atoms with E-state index in [-0.39, 0.29) is 18.8 Å². The number of rotatable bonds is 10.